The average molecular weight is 361 g/mol. The zero-order valence-electron chi connectivity index (χ0n) is 14.2. The van der Waals surface area contributed by atoms with Crippen molar-refractivity contribution in [3.8, 4) is 23.0 Å². The third-order valence-electron chi connectivity index (χ3n) is 3.75. The molecular weight excluding hydrogens is 346 g/mol. The van der Waals surface area contributed by atoms with E-state index < -0.39 is 11.5 Å². The summed E-state index contributed by atoms with van der Waals surface area (Å²) in [7, 11) is 0. The van der Waals surface area contributed by atoms with E-state index >= 15 is 0 Å². The van der Waals surface area contributed by atoms with E-state index in [0.717, 1.165) is 4.68 Å². The number of carbonyl (C=O) groups excluding carboxylic acids is 1. The molecule has 0 fully saturated rings. The first-order chi connectivity index (χ1) is 13.1. The van der Waals surface area contributed by atoms with Gasteiger partial charge in [-0.05, 0) is 30.3 Å². The summed E-state index contributed by atoms with van der Waals surface area (Å²) in [5.41, 5.74) is 1.21. The normalized spacial score (nSPS) is 10.2. The Morgan fingerprint density at radius 2 is 2.04 bits per heavy atom. The molecule has 134 valence electrons. The third-order valence-corrected chi connectivity index (χ3v) is 3.75. The van der Waals surface area contributed by atoms with E-state index in [1.807, 2.05) is 6.07 Å². The zero-order chi connectivity index (χ0) is 19.2. The Bertz CT molecular complexity index is 1050. The smallest absolute Gasteiger partial charge is 0.284 e. The van der Waals surface area contributed by atoms with Gasteiger partial charge in [-0.3, -0.25) is 14.6 Å². The van der Waals surface area contributed by atoms with Gasteiger partial charge in [0.25, 0.3) is 11.5 Å². The molecule has 2 heterocycles. The van der Waals surface area contributed by atoms with Crippen LogP contribution >= 0.6 is 0 Å². The van der Waals surface area contributed by atoms with E-state index in [-0.39, 0.29) is 18.7 Å². The molecule has 1 amide bonds. The monoisotopic (exact) mass is 361 g/mol. The Kier molecular flexibility index (Phi) is 5.35. The minimum Gasteiger partial charge on any atom is -0.395 e. The van der Waals surface area contributed by atoms with Crippen LogP contribution in [0.4, 0.5) is 0 Å². The molecule has 0 aliphatic rings. The summed E-state index contributed by atoms with van der Waals surface area (Å²) in [4.78, 5) is 29.1. The highest BCUT2D eigenvalue weighted by Crippen LogP contribution is 2.18. The number of aromatic nitrogens is 3. The number of rotatable bonds is 5. The minimum atomic E-state index is -0.607. The third kappa shape index (κ3) is 3.89. The number of aliphatic hydroxyl groups is 1. The highest BCUT2D eigenvalue weighted by atomic mass is 16.3. The van der Waals surface area contributed by atoms with Gasteiger partial charge >= 0.3 is 0 Å². The summed E-state index contributed by atoms with van der Waals surface area (Å²) in [6.07, 6.45) is 3.03. The number of hydrogen-bond donors (Lipinski definition) is 2. The summed E-state index contributed by atoms with van der Waals surface area (Å²) < 4.78 is 1.11. The molecule has 0 aliphatic heterocycles. The number of nitrogens with one attached hydrogen (secondary N) is 1. The molecule has 8 heteroatoms. The number of amides is 1. The molecule has 3 aromatic rings. The van der Waals surface area contributed by atoms with Crippen molar-refractivity contribution >= 4 is 5.91 Å². The van der Waals surface area contributed by atoms with Crippen molar-refractivity contribution in [1.82, 2.24) is 20.1 Å². The first-order valence-electron chi connectivity index (χ1n) is 8.08. The molecule has 0 spiro atoms. The number of benzene rings is 1. The zero-order valence-corrected chi connectivity index (χ0v) is 14.2. The summed E-state index contributed by atoms with van der Waals surface area (Å²) in [5.74, 6) is -0.607. The largest absolute Gasteiger partial charge is 0.395 e. The number of nitriles is 1. The number of aliphatic hydroxyl groups excluding tert-OH is 1. The van der Waals surface area contributed by atoms with Crippen LogP contribution in [0, 0.1) is 11.3 Å². The van der Waals surface area contributed by atoms with Gasteiger partial charge in [0.05, 0.1) is 35.8 Å². The standard InChI is InChI=1S/C19H15N5O3/c20-11-13-3-5-14(6-4-13)17-10-16(18(26)22-8-9-25)19(27)24(23-17)15-2-1-7-21-12-15/h1-7,10,12,25H,8-9H2,(H,22,26). The second-order valence-corrected chi connectivity index (χ2v) is 5.54. The lowest BCUT2D eigenvalue weighted by atomic mass is 10.1. The van der Waals surface area contributed by atoms with Crippen LogP contribution in [0.2, 0.25) is 0 Å². The average Bonchev–Trinajstić information content (AvgIpc) is 2.73. The second-order valence-electron chi connectivity index (χ2n) is 5.54. The fourth-order valence-electron chi connectivity index (χ4n) is 2.43. The van der Waals surface area contributed by atoms with Crippen molar-refractivity contribution in [2.75, 3.05) is 13.2 Å². The number of pyridine rings is 1. The van der Waals surface area contributed by atoms with Crippen molar-refractivity contribution < 1.29 is 9.90 Å². The number of nitrogens with zero attached hydrogens (tertiary/aromatic N) is 4. The van der Waals surface area contributed by atoms with Crippen molar-refractivity contribution in [3.05, 3.63) is 76.3 Å². The van der Waals surface area contributed by atoms with Gasteiger partial charge in [-0.25, -0.2) is 0 Å². The molecule has 0 aliphatic carbocycles. The molecule has 2 aromatic heterocycles. The van der Waals surface area contributed by atoms with Crippen molar-refractivity contribution in [2.24, 2.45) is 0 Å². The lowest BCUT2D eigenvalue weighted by molar-refractivity contribution is 0.0942. The Labute approximate surface area is 154 Å². The van der Waals surface area contributed by atoms with Crippen molar-refractivity contribution in [1.29, 1.82) is 5.26 Å². The van der Waals surface area contributed by atoms with Crippen LogP contribution in [0.1, 0.15) is 15.9 Å². The predicted octanol–water partition coefficient (Wildman–Crippen LogP) is 0.888. The topological polar surface area (TPSA) is 121 Å². The summed E-state index contributed by atoms with van der Waals surface area (Å²) in [5, 5.41) is 24.7. The van der Waals surface area contributed by atoms with Crippen LogP contribution in [0.15, 0.2) is 59.7 Å². The SMILES string of the molecule is N#Cc1ccc(-c2cc(C(=O)NCCO)c(=O)n(-c3cccnc3)n2)cc1. The van der Waals surface area contributed by atoms with Crippen molar-refractivity contribution in [3.63, 3.8) is 0 Å². The van der Waals surface area contributed by atoms with Crippen LogP contribution in [-0.4, -0.2) is 38.9 Å². The van der Waals surface area contributed by atoms with Crippen LogP contribution in [0.25, 0.3) is 16.9 Å². The first kappa shape index (κ1) is 18.0. The first-order valence-corrected chi connectivity index (χ1v) is 8.08. The lowest BCUT2D eigenvalue weighted by Crippen LogP contribution is -2.35. The quantitative estimate of drug-likeness (QED) is 0.696. The van der Waals surface area contributed by atoms with Crippen LogP contribution in [-0.2, 0) is 0 Å². The highest BCUT2D eigenvalue weighted by molar-refractivity contribution is 5.94. The molecule has 2 N–H and O–H groups in total. The predicted molar refractivity (Wildman–Crippen MR) is 97.2 cm³/mol. The van der Waals surface area contributed by atoms with Gasteiger partial charge in [-0.1, -0.05) is 12.1 Å². The van der Waals surface area contributed by atoms with Crippen molar-refractivity contribution in [2.45, 2.75) is 0 Å². The summed E-state index contributed by atoms with van der Waals surface area (Å²) in [6.45, 7) is -0.213. The van der Waals surface area contributed by atoms with Gasteiger partial charge in [-0.2, -0.15) is 15.0 Å². The van der Waals surface area contributed by atoms with Gasteiger partial charge in [0.1, 0.15) is 5.56 Å². The maximum absolute atomic E-state index is 12.8. The maximum Gasteiger partial charge on any atom is 0.284 e. The van der Waals surface area contributed by atoms with E-state index in [9.17, 15) is 9.59 Å². The Morgan fingerprint density at radius 3 is 2.67 bits per heavy atom. The minimum absolute atomic E-state index is 0.0275. The van der Waals surface area contributed by atoms with Gasteiger partial charge in [-0.15, -0.1) is 0 Å². The summed E-state index contributed by atoms with van der Waals surface area (Å²) in [6, 6.07) is 13.4. The Balaban J connectivity index is 2.17. The van der Waals surface area contributed by atoms with Gasteiger partial charge in [0.15, 0.2) is 0 Å². The van der Waals surface area contributed by atoms with Gasteiger partial charge < -0.3 is 10.4 Å². The summed E-state index contributed by atoms with van der Waals surface area (Å²) >= 11 is 0. The van der Waals surface area contributed by atoms with E-state index in [4.69, 9.17) is 10.4 Å². The molecule has 27 heavy (non-hydrogen) atoms. The fourth-order valence-corrected chi connectivity index (χ4v) is 2.43. The fraction of sp³-hybridized carbons (Fsp3) is 0.105. The molecule has 0 bridgehead atoms. The molecular formula is C19H15N5O3. The number of hydrogen-bond acceptors (Lipinski definition) is 6. The lowest BCUT2D eigenvalue weighted by Gasteiger charge is -2.11. The van der Waals surface area contributed by atoms with E-state index in [1.165, 1.54) is 12.3 Å². The Hall–Kier alpha value is -3.83. The van der Waals surface area contributed by atoms with E-state index in [0.29, 0.717) is 22.5 Å². The molecule has 1 aromatic carbocycles. The second kappa shape index (κ2) is 8.03. The molecule has 0 radical (unpaired) electrons. The number of carbonyl (C=O) groups is 1. The molecule has 3 rings (SSSR count). The Morgan fingerprint density at radius 1 is 1.26 bits per heavy atom. The molecule has 0 unspecified atom stereocenters. The van der Waals surface area contributed by atoms with Gasteiger partial charge in [0.2, 0.25) is 0 Å². The van der Waals surface area contributed by atoms with Crippen LogP contribution < -0.4 is 10.9 Å². The van der Waals surface area contributed by atoms with E-state index in [1.54, 1.807) is 42.6 Å². The maximum atomic E-state index is 12.8. The van der Waals surface area contributed by atoms with Crippen LogP contribution in [0.5, 0.6) is 0 Å². The van der Waals surface area contributed by atoms with E-state index in [2.05, 4.69) is 15.4 Å². The molecule has 0 atom stereocenters. The molecule has 0 saturated heterocycles. The van der Waals surface area contributed by atoms with Gasteiger partial charge in [0, 0.05) is 18.3 Å². The highest BCUT2D eigenvalue weighted by Gasteiger charge is 2.17. The van der Waals surface area contributed by atoms with Crippen LogP contribution in [0.3, 0.4) is 0 Å². The molecule has 8 nitrogen and oxygen atoms in total. The molecule has 0 saturated carbocycles.